The molecule has 1 aromatic rings. The third kappa shape index (κ3) is 2.30. The zero-order valence-corrected chi connectivity index (χ0v) is 11.1. The first kappa shape index (κ1) is 12.4. The van der Waals surface area contributed by atoms with Crippen LogP contribution in [0.5, 0.6) is 5.75 Å². The van der Waals surface area contributed by atoms with Gasteiger partial charge in [0.05, 0.1) is 20.3 Å². The maximum absolute atomic E-state index is 12.6. The van der Waals surface area contributed by atoms with Crippen LogP contribution in [0.2, 0.25) is 0 Å². The molecule has 0 N–H and O–H groups in total. The van der Waals surface area contributed by atoms with Gasteiger partial charge >= 0.3 is 0 Å². The normalized spacial score (nSPS) is 22.7. The Hall–Kier alpha value is -1.61. The average molecular weight is 258 g/mol. The molecule has 0 bridgehead atoms. The lowest BCUT2D eigenvalue weighted by atomic mass is 9.77. The predicted octanol–water partition coefficient (Wildman–Crippen LogP) is 2.79. The van der Waals surface area contributed by atoms with Gasteiger partial charge in [-0.1, -0.05) is 11.6 Å². The summed E-state index contributed by atoms with van der Waals surface area (Å²) in [6.07, 6.45) is 4.83. The molecule has 0 saturated carbocycles. The van der Waals surface area contributed by atoms with E-state index in [0.717, 1.165) is 42.7 Å². The molecule has 1 unspecified atom stereocenters. The Morgan fingerprint density at radius 3 is 2.95 bits per heavy atom. The molecule has 19 heavy (non-hydrogen) atoms. The van der Waals surface area contributed by atoms with E-state index in [-0.39, 0.29) is 11.7 Å². The van der Waals surface area contributed by atoms with Crippen molar-refractivity contribution in [2.75, 3.05) is 20.3 Å². The van der Waals surface area contributed by atoms with Crippen molar-refractivity contribution in [3.63, 3.8) is 0 Å². The van der Waals surface area contributed by atoms with Crippen molar-refractivity contribution in [1.82, 2.24) is 0 Å². The van der Waals surface area contributed by atoms with E-state index >= 15 is 0 Å². The van der Waals surface area contributed by atoms with Crippen LogP contribution < -0.4 is 4.74 Å². The number of methoxy groups -OCH3 is 1. The maximum atomic E-state index is 12.6. The van der Waals surface area contributed by atoms with Crippen LogP contribution in [-0.4, -0.2) is 26.1 Å². The Labute approximate surface area is 113 Å². The van der Waals surface area contributed by atoms with E-state index in [0.29, 0.717) is 6.61 Å². The second-order valence-corrected chi connectivity index (χ2v) is 5.08. The number of ketones is 1. The smallest absolute Gasteiger partial charge is 0.170 e. The second kappa shape index (κ2) is 5.17. The van der Waals surface area contributed by atoms with Crippen LogP contribution in [0.4, 0.5) is 0 Å². The summed E-state index contributed by atoms with van der Waals surface area (Å²) in [5.41, 5.74) is 3.25. The molecule has 1 aromatic carbocycles. The number of fused-ring (bicyclic) bond motifs is 1. The minimum Gasteiger partial charge on any atom is -0.497 e. The lowest BCUT2D eigenvalue weighted by Crippen LogP contribution is -2.26. The van der Waals surface area contributed by atoms with Crippen molar-refractivity contribution < 1.29 is 14.3 Å². The van der Waals surface area contributed by atoms with Crippen LogP contribution in [0.1, 0.15) is 28.8 Å². The van der Waals surface area contributed by atoms with Crippen molar-refractivity contribution in [1.29, 1.82) is 0 Å². The quantitative estimate of drug-likeness (QED) is 0.765. The van der Waals surface area contributed by atoms with Crippen LogP contribution in [-0.2, 0) is 11.2 Å². The van der Waals surface area contributed by atoms with Crippen molar-refractivity contribution >= 4 is 5.78 Å². The highest BCUT2D eigenvalue weighted by Gasteiger charge is 2.30. The molecule has 3 rings (SSSR count). The number of aryl methyl sites for hydroxylation is 1. The number of carbonyl (C=O) groups excluding carboxylic acids is 1. The zero-order valence-electron chi connectivity index (χ0n) is 11.1. The van der Waals surface area contributed by atoms with Gasteiger partial charge in [-0.2, -0.15) is 0 Å². The number of ether oxygens (including phenoxy) is 2. The molecular formula is C16H18O3. The summed E-state index contributed by atoms with van der Waals surface area (Å²) in [7, 11) is 1.65. The van der Waals surface area contributed by atoms with E-state index in [1.54, 1.807) is 7.11 Å². The molecule has 0 saturated heterocycles. The molecule has 1 aliphatic heterocycles. The molecule has 3 heteroatoms. The Bertz CT molecular complexity index is 531. The minimum atomic E-state index is 0.0600. The summed E-state index contributed by atoms with van der Waals surface area (Å²) in [5, 5.41) is 0. The van der Waals surface area contributed by atoms with Gasteiger partial charge in [-0.15, -0.1) is 0 Å². The van der Waals surface area contributed by atoms with Crippen molar-refractivity contribution in [3.05, 3.63) is 41.0 Å². The van der Waals surface area contributed by atoms with Crippen molar-refractivity contribution in [2.24, 2.45) is 5.92 Å². The van der Waals surface area contributed by atoms with Gasteiger partial charge in [-0.3, -0.25) is 4.79 Å². The molecule has 1 atom stereocenters. The Balaban J connectivity index is 1.89. The Morgan fingerprint density at radius 1 is 1.32 bits per heavy atom. The highest BCUT2D eigenvalue weighted by Crippen LogP contribution is 2.34. The van der Waals surface area contributed by atoms with E-state index in [4.69, 9.17) is 9.47 Å². The van der Waals surface area contributed by atoms with Crippen molar-refractivity contribution in [3.8, 4) is 5.75 Å². The summed E-state index contributed by atoms with van der Waals surface area (Å²) in [6.45, 7) is 1.39. The Morgan fingerprint density at radius 2 is 2.21 bits per heavy atom. The maximum Gasteiger partial charge on any atom is 0.170 e. The molecule has 3 nitrogen and oxygen atoms in total. The fraction of sp³-hybridized carbons (Fsp3) is 0.438. The Kier molecular flexibility index (Phi) is 3.38. The SMILES string of the molecule is COc1ccc2c(c1)CCC(C1=CCOCC1)C2=O. The molecule has 1 aliphatic carbocycles. The average Bonchev–Trinajstić information content (AvgIpc) is 2.48. The first-order valence-electron chi connectivity index (χ1n) is 6.77. The summed E-state index contributed by atoms with van der Waals surface area (Å²) >= 11 is 0. The number of rotatable bonds is 2. The van der Waals surface area contributed by atoms with Crippen LogP contribution in [0.15, 0.2) is 29.8 Å². The summed E-state index contributed by atoms with van der Waals surface area (Å²) in [6, 6.07) is 5.77. The van der Waals surface area contributed by atoms with Gasteiger partial charge in [0.2, 0.25) is 0 Å². The molecule has 100 valence electrons. The fourth-order valence-electron chi connectivity index (χ4n) is 2.97. The predicted molar refractivity (Wildman–Crippen MR) is 72.7 cm³/mol. The number of benzene rings is 1. The molecule has 1 heterocycles. The zero-order chi connectivity index (χ0) is 13.2. The molecule has 0 fully saturated rings. The summed E-state index contributed by atoms with van der Waals surface area (Å²) in [4.78, 5) is 12.6. The first-order valence-corrected chi connectivity index (χ1v) is 6.77. The van der Waals surface area contributed by atoms with E-state index in [1.807, 2.05) is 18.2 Å². The number of carbonyl (C=O) groups is 1. The lowest BCUT2D eigenvalue weighted by molar-refractivity contribution is 0.0908. The van der Waals surface area contributed by atoms with Gasteiger partial charge in [0.25, 0.3) is 0 Å². The molecular weight excluding hydrogens is 240 g/mol. The van der Waals surface area contributed by atoms with Gasteiger partial charge in [-0.25, -0.2) is 0 Å². The van der Waals surface area contributed by atoms with Crippen LogP contribution in [0.3, 0.4) is 0 Å². The number of hydrogen-bond acceptors (Lipinski definition) is 3. The van der Waals surface area contributed by atoms with E-state index < -0.39 is 0 Å². The summed E-state index contributed by atoms with van der Waals surface area (Å²) < 4.78 is 10.5. The number of hydrogen-bond donors (Lipinski definition) is 0. The van der Waals surface area contributed by atoms with Crippen LogP contribution in [0, 0.1) is 5.92 Å². The third-order valence-corrected chi connectivity index (χ3v) is 4.04. The topological polar surface area (TPSA) is 35.5 Å². The molecule has 0 radical (unpaired) electrons. The fourth-order valence-corrected chi connectivity index (χ4v) is 2.97. The molecule has 2 aliphatic rings. The van der Waals surface area contributed by atoms with Gasteiger partial charge in [0.1, 0.15) is 5.75 Å². The van der Waals surface area contributed by atoms with E-state index in [2.05, 4.69) is 6.08 Å². The van der Waals surface area contributed by atoms with Gasteiger partial charge in [0, 0.05) is 11.5 Å². The third-order valence-electron chi connectivity index (χ3n) is 4.04. The van der Waals surface area contributed by atoms with Crippen LogP contribution >= 0.6 is 0 Å². The molecule has 0 spiro atoms. The van der Waals surface area contributed by atoms with Crippen molar-refractivity contribution in [2.45, 2.75) is 19.3 Å². The first-order chi connectivity index (χ1) is 9.29. The molecule has 0 aromatic heterocycles. The van der Waals surface area contributed by atoms with E-state index in [9.17, 15) is 4.79 Å². The second-order valence-electron chi connectivity index (χ2n) is 5.08. The standard InChI is InChI=1S/C16H18O3/c1-18-13-3-5-15-12(10-13)2-4-14(16(15)17)11-6-8-19-9-7-11/h3,5-6,10,14H,2,4,7-9H2,1H3. The highest BCUT2D eigenvalue weighted by molar-refractivity contribution is 6.02. The monoisotopic (exact) mass is 258 g/mol. The minimum absolute atomic E-state index is 0.0600. The largest absolute Gasteiger partial charge is 0.497 e. The number of Topliss-reactive ketones (excluding diaryl/α,β-unsaturated/α-hetero) is 1. The highest BCUT2D eigenvalue weighted by atomic mass is 16.5. The summed E-state index contributed by atoms with van der Waals surface area (Å²) in [5.74, 6) is 1.15. The van der Waals surface area contributed by atoms with E-state index in [1.165, 1.54) is 5.57 Å². The van der Waals surface area contributed by atoms with Gasteiger partial charge in [-0.05, 0) is 43.0 Å². The van der Waals surface area contributed by atoms with Crippen LogP contribution in [0.25, 0.3) is 0 Å². The van der Waals surface area contributed by atoms with Gasteiger partial charge in [0.15, 0.2) is 5.78 Å². The lowest BCUT2D eigenvalue weighted by Gasteiger charge is -2.27. The molecule has 0 amide bonds. The van der Waals surface area contributed by atoms with Gasteiger partial charge < -0.3 is 9.47 Å².